The van der Waals surface area contributed by atoms with Crippen molar-refractivity contribution in [3.05, 3.63) is 35.9 Å². The largest absolute Gasteiger partial charge is 0.341 e. The number of ketones is 1. The van der Waals surface area contributed by atoms with Crippen LogP contribution >= 0.6 is 11.8 Å². The molecule has 1 aliphatic heterocycles. The quantitative estimate of drug-likeness (QED) is 0.467. The Morgan fingerprint density at radius 1 is 1.24 bits per heavy atom. The minimum atomic E-state index is -3.37. The van der Waals surface area contributed by atoms with Gasteiger partial charge >= 0.3 is 5.97 Å². The highest BCUT2D eigenvalue weighted by atomic mass is 32.2. The SMILES string of the molecule is CCn1c2ccc(S(C)(=O)=O)cc2c2c3c(ccc21)C(=O)/C(=N\OC(C)=O)CS3. The number of thioether (sulfide) groups is 1. The third-order valence-electron chi connectivity index (χ3n) is 4.84. The molecule has 1 aliphatic rings. The number of carbonyl (C=O) groups excluding carboxylic acids is 2. The van der Waals surface area contributed by atoms with Crippen molar-refractivity contribution in [3.8, 4) is 0 Å². The maximum absolute atomic E-state index is 12.9. The molecule has 2 heterocycles. The molecule has 3 aromatic rings. The number of Topliss-reactive ketones (excluding diaryl/α,β-unsaturated/α-hetero) is 1. The number of aryl methyl sites for hydroxylation is 1. The van der Waals surface area contributed by atoms with Gasteiger partial charge in [-0.15, -0.1) is 11.8 Å². The number of oxime groups is 1. The van der Waals surface area contributed by atoms with Gasteiger partial charge in [-0.3, -0.25) is 4.79 Å². The Bertz CT molecular complexity index is 1340. The van der Waals surface area contributed by atoms with Crippen molar-refractivity contribution in [3.63, 3.8) is 0 Å². The predicted molar refractivity (Wildman–Crippen MR) is 112 cm³/mol. The van der Waals surface area contributed by atoms with Crippen LogP contribution in [0.1, 0.15) is 24.2 Å². The van der Waals surface area contributed by atoms with Crippen LogP contribution in [0.15, 0.2) is 45.3 Å². The fourth-order valence-electron chi connectivity index (χ4n) is 3.59. The van der Waals surface area contributed by atoms with E-state index in [1.54, 1.807) is 18.2 Å². The highest BCUT2D eigenvalue weighted by Gasteiger charge is 2.28. The van der Waals surface area contributed by atoms with Crippen molar-refractivity contribution in [1.82, 2.24) is 4.57 Å². The van der Waals surface area contributed by atoms with Gasteiger partial charge in [0.2, 0.25) is 5.78 Å². The van der Waals surface area contributed by atoms with Crippen LogP contribution in [0.2, 0.25) is 0 Å². The molecule has 0 unspecified atom stereocenters. The average molecular weight is 431 g/mol. The normalized spacial score (nSPS) is 15.8. The number of hydrogen-bond donors (Lipinski definition) is 0. The van der Waals surface area contributed by atoms with Crippen LogP contribution in [-0.2, 0) is 26.0 Å². The van der Waals surface area contributed by atoms with E-state index < -0.39 is 15.8 Å². The summed E-state index contributed by atoms with van der Waals surface area (Å²) in [6, 6.07) is 8.71. The van der Waals surface area contributed by atoms with Gasteiger partial charge in [0.1, 0.15) is 5.71 Å². The molecule has 0 amide bonds. The first kappa shape index (κ1) is 19.7. The molecule has 0 bridgehead atoms. The second-order valence-corrected chi connectivity index (χ2v) is 9.77. The number of fused-ring (bicyclic) bond motifs is 5. The van der Waals surface area contributed by atoms with Crippen LogP contribution in [0.5, 0.6) is 0 Å². The lowest BCUT2D eigenvalue weighted by molar-refractivity contribution is -0.140. The van der Waals surface area contributed by atoms with Crippen molar-refractivity contribution in [2.75, 3.05) is 12.0 Å². The van der Waals surface area contributed by atoms with Gasteiger partial charge in [-0.05, 0) is 37.3 Å². The molecule has 0 radical (unpaired) electrons. The molecule has 150 valence electrons. The minimum Gasteiger partial charge on any atom is -0.341 e. The number of aromatic nitrogens is 1. The van der Waals surface area contributed by atoms with Crippen molar-refractivity contribution in [2.45, 2.75) is 30.2 Å². The maximum atomic E-state index is 12.9. The Hall–Kier alpha value is -2.65. The van der Waals surface area contributed by atoms with E-state index in [0.717, 1.165) is 26.7 Å². The van der Waals surface area contributed by atoms with Gasteiger partial charge in [0.05, 0.1) is 10.4 Å². The van der Waals surface area contributed by atoms with Crippen LogP contribution < -0.4 is 0 Å². The van der Waals surface area contributed by atoms with Crippen LogP contribution in [0.3, 0.4) is 0 Å². The van der Waals surface area contributed by atoms with Crippen molar-refractivity contribution in [2.24, 2.45) is 5.16 Å². The Labute approximate surface area is 171 Å². The molecule has 0 saturated carbocycles. The summed E-state index contributed by atoms with van der Waals surface area (Å²) in [6.07, 6.45) is 1.18. The van der Waals surface area contributed by atoms with Crippen LogP contribution in [-0.4, -0.2) is 42.5 Å². The van der Waals surface area contributed by atoms with Crippen LogP contribution in [0, 0.1) is 0 Å². The van der Waals surface area contributed by atoms with Gasteiger partial charge in [-0.2, -0.15) is 0 Å². The maximum Gasteiger partial charge on any atom is 0.331 e. The first-order valence-electron chi connectivity index (χ1n) is 8.93. The zero-order chi connectivity index (χ0) is 20.9. The summed E-state index contributed by atoms with van der Waals surface area (Å²) in [5.74, 6) is -0.613. The Morgan fingerprint density at radius 2 is 1.97 bits per heavy atom. The van der Waals surface area contributed by atoms with E-state index in [1.165, 1.54) is 24.9 Å². The first-order valence-corrected chi connectivity index (χ1v) is 11.8. The van der Waals surface area contributed by atoms with E-state index in [-0.39, 0.29) is 22.1 Å². The van der Waals surface area contributed by atoms with E-state index >= 15 is 0 Å². The number of rotatable bonds is 3. The fourth-order valence-corrected chi connectivity index (χ4v) is 5.37. The number of hydrogen-bond acceptors (Lipinski definition) is 7. The second kappa shape index (κ2) is 7.00. The summed E-state index contributed by atoms with van der Waals surface area (Å²) >= 11 is 1.43. The van der Waals surface area contributed by atoms with E-state index in [0.29, 0.717) is 12.1 Å². The van der Waals surface area contributed by atoms with Crippen molar-refractivity contribution >= 4 is 60.9 Å². The number of benzene rings is 2. The van der Waals surface area contributed by atoms with E-state index in [2.05, 4.69) is 14.6 Å². The Kier molecular flexibility index (Phi) is 4.74. The molecule has 7 nitrogen and oxygen atoms in total. The topological polar surface area (TPSA) is 94.8 Å². The third kappa shape index (κ3) is 3.24. The Morgan fingerprint density at radius 3 is 2.62 bits per heavy atom. The number of carbonyl (C=O) groups is 2. The lowest BCUT2D eigenvalue weighted by Gasteiger charge is -2.17. The van der Waals surface area contributed by atoms with Gasteiger partial charge in [-0.25, -0.2) is 13.2 Å². The van der Waals surface area contributed by atoms with Crippen LogP contribution in [0.25, 0.3) is 21.8 Å². The highest BCUT2D eigenvalue weighted by Crippen LogP contribution is 2.41. The monoisotopic (exact) mass is 430 g/mol. The summed E-state index contributed by atoms with van der Waals surface area (Å²) in [5, 5.41) is 5.34. The third-order valence-corrected chi connectivity index (χ3v) is 7.08. The van der Waals surface area contributed by atoms with Gasteiger partial charge in [0, 0.05) is 52.2 Å². The summed E-state index contributed by atoms with van der Waals surface area (Å²) in [5.41, 5.74) is 2.50. The molecule has 9 heteroatoms. The first-order chi connectivity index (χ1) is 13.7. The second-order valence-electron chi connectivity index (χ2n) is 6.77. The van der Waals surface area contributed by atoms with Crippen LogP contribution in [0.4, 0.5) is 0 Å². The predicted octanol–water partition coefficient (Wildman–Crippen LogP) is 3.43. The number of nitrogens with zero attached hydrogens (tertiary/aromatic N) is 2. The fraction of sp³-hybridized carbons (Fsp3) is 0.250. The van der Waals surface area contributed by atoms with Gasteiger partial charge < -0.3 is 9.40 Å². The smallest absolute Gasteiger partial charge is 0.331 e. The molecule has 0 saturated heterocycles. The van der Waals surface area contributed by atoms with Gasteiger partial charge in [-0.1, -0.05) is 5.16 Å². The zero-order valence-corrected chi connectivity index (χ0v) is 17.7. The van der Waals surface area contributed by atoms with Crippen molar-refractivity contribution < 1.29 is 22.8 Å². The standard InChI is InChI=1S/C20H18N2O5S2/c1-4-22-16-7-5-12(29(3,25)26)9-14(16)18-17(22)8-6-13-19(24)15(10-28-20(13)18)21-27-11(2)23/h5-9H,4,10H2,1-3H3/b21-15-. The summed E-state index contributed by atoms with van der Waals surface area (Å²) in [4.78, 5) is 29.6. The molecule has 29 heavy (non-hydrogen) atoms. The molecule has 0 atom stereocenters. The minimum absolute atomic E-state index is 0.174. The lowest BCUT2D eigenvalue weighted by Crippen LogP contribution is -2.23. The van der Waals surface area contributed by atoms with E-state index in [1.807, 2.05) is 19.1 Å². The molecule has 0 N–H and O–H groups in total. The Balaban J connectivity index is 2.01. The lowest BCUT2D eigenvalue weighted by atomic mass is 10.0. The molecule has 2 aromatic carbocycles. The van der Waals surface area contributed by atoms with E-state index in [4.69, 9.17) is 0 Å². The van der Waals surface area contributed by atoms with Gasteiger partial charge in [0.15, 0.2) is 9.84 Å². The molecular formula is C20H18N2O5S2. The molecule has 0 fully saturated rings. The number of sulfone groups is 1. The van der Waals surface area contributed by atoms with Crippen molar-refractivity contribution in [1.29, 1.82) is 0 Å². The van der Waals surface area contributed by atoms with E-state index in [9.17, 15) is 18.0 Å². The summed E-state index contributed by atoms with van der Waals surface area (Å²) < 4.78 is 26.3. The molecule has 4 rings (SSSR count). The molecule has 0 spiro atoms. The molecule has 0 aliphatic carbocycles. The zero-order valence-electron chi connectivity index (χ0n) is 16.1. The average Bonchev–Trinajstić information content (AvgIpc) is 2.99. The molecular weight excluding hydrogens is 412 g/mol. The summed E-state index contributed by atoms with van der Waals surface area (Å²) in [7, 11) is -3.37. The molecule has 1 aromatic heterocycles. The summed E-state index contributed by atoms with van der Waals surface area (Å²) in [6.45, 7) is 3.95. The highest BCUT2D eigenvalue weighted by molar-refractivity contribution is 8.00. The van der Waals surface area contributed by atoms with Gasteiger partial charge in [0.25, 0.3) is 0 Å².